The van der Waals surface area contributed by atoms with Gasteiger partial charge in [0.2, 0.25) is 0 Å². The Morgan fingerprint density at radius 3 is 2.53 bits per heavy atom. The molecule has 1 fully saturated rings. The summed E-state index contributed by atoms with van der Waals surface area (Å²) in [7, 11) is 0. The van der Waals surface area contributed by atoms with Crippen molar-refractivity contribution in [1.29, 1.82) is 0 Å². The van der Waals surface area contributed by atoms with E-state index in [4.69, 9.17) is 10.5 Å². The van der Waals surface area contributed by atoms with Crippen molar-refractivity contribution in [2.24, 2.45) is 5.73 Å². The van der Waals surface area contributed by atoms with Gasteiger partial charge in [-0.1, -0.05) is 30.3 Å². The molecule has 1 aliphatic heterocycles. The summed E-state index contributed by atoms with van der Waals surface area (Å²) in [5.41, 5.74) is 6.74. The first kappa shape index (κ1) is 13.9. The number of hydrogen-bond acceptors (Lipinski definition) is 3. The number of carbonyl (C=O) groups excluding carboxylic acids is 1. The van der Waals surface area contributed by atoms with E-state index in [9.17, 15) is 4.79 Å². The van der Waals surface area contributed by atoms with Gasteiger partial charge in [0.05, 0.1) is 6.04 Å². The van der Waals surface area contributed by atoms with Crippen LogP contribution in [0.3, 0.4) is 0 Å². The molecule has 1 aliphatic rings. The minimum Gasteiger partial charge on any atom is -0.444 e. The van der Waals surface area contributed by atoms with Crippen LogP contribution in [-0.2, 0) is 11.2 Å². The van der Waals surface area contributed by atoms with Crippen molar-refractivity contribution in [3.05, 3.63) is 35.9 Å². The van der Waals surface area contributed by atoms with Crippen LogP contribution in [0.15, 0.2) is 30.3 Å². The minimum absolute atomic E-state index is 0.0349. The SMILES string of the molecule is CC(C)(C)OC(=O)N1CC(N)C1Cc1ccccc1. The fourth-order valence-electron chi connectivity index (χ4n) is 2.22. The molecule has 19 heavy (non-hydrogen) atoms. The summed E-state index contributed by atoms with van der Waals surface area (Å²) in [5.74, 6) is 0. The highest BCUT2D eigenvalue weighted by atomic mass is 16.6. The third-order valence-corrected chi connectivity index (χ3v) is 3.22. The molecule has 104 valence electrons. The van der Waals surface area contributed by atoms with Gasteiger partial charge in [-0.15, -0.1) is 0 Å². The Labute approximate surface area is 114 Å². The minimum atomic E-state index is -0.464. The second kappa shape index (κ2) is 5.21. The number of hydrogen-bond donors (Lipinski definition) is 1. The molecule has 0 aromatic heterocycles. The van der Waals surface area contributed by atoms with Crippen LogP contribution in [0.25, 0.3) is 0 Å². The average molecular weight is 262 g/mol. The van der Waals surface area contributed by atoms with Gasteiger partial charge in [-0.3, -0.25) is 0 Å². The first-order chi connectivity index (χ1) is 8.87. The zero-order valence-corrected chi connectivity index (χ0v) is 11.8. The van der Waals surface area contributed by atoms with Crippen LogP contribution in [0.2, 0.25) is 0 Å². The Morgan fingerprint density at radius 1 is 1.37 bits per heavy atom. The molecule has 2 N–H and O–H groups in total. The number of benzene rings is 1. The van der Waals surface area contributed by atoms with E-state index in [1.54, 1.807) is 4.90 Å². The van der Waals surface area contributed by atoms with Crippen molar-refractivity contribution in [2.75, 3.05) is 6.54 Å². The molecule has 4 nitrogen and oxygen atoms in total. The average Bonchev–Trinajstić information content (AvgIpc) is 2.32. The summed E-state index contributed by atoms with van der Waals surface area (Å²) in [4.78, 5) is 13.8. The quantitative estimate of drug-likeness (QED) is 0.888. The van der Waals surface area contributed by atoms with Gasteiger partial charge in [0.15, 0.2) is 0 Å². The lowest BCUT2D eigenvalue weighted by Crippen LogP contribution is -2.67. The zero-order chi connectivity index (χ0) is 14.0. The predicted octanol–water partition coefficient (Wildman–Crippen LogP) is 2.18. The number of likely N-dealkylation sites (tertiary alicyclic amines) is 1. The van der Waals surface area contributed by atoms with Gasteiger partial charge in [-0.05, 0) is 32.8 Å². The maximum absolute atomic E-state index is 12.0. The van der Waals surface area contributed by atoms with Crippen molar-refractivity contribution < 1.29 is 9.53 Å². The number of carbonyl (C=O) groups is 1. The highest BCUT2D eigenvalue weighted by Gasteiger charge is 2.41. The van der Waals surface area contributed by atoms with E-state index >= 15 is 0 Å². The summed E-state index contributed by atoms with van der Waals surface area (Å²) in [5, 5.41) is 0. The van der Waals surface area contributed by atoms with E-state index in [0.29, 0.717) is 6.54 Å². The lowest BCUT2D eigenvalue weighted by Gasteiger charge is -2.46. The van der Waals surface area contributed by atoms with E-state index in [1.807, 2.05) is 39.0 Å². The number of amides is 1. The Hall–Kier alpha value is -1.55. The highest BCUT2D eigenvalue weighted by Crippen LogP contribution is 2.23. The smallest absolute Gasteiger partial charge is 0.410 e. The van der Waals surface area contributed by atoms with Crippen molar-refractivity contribution in [2.45, 2.75) is 44.9 Å². The largest absolute Gasteiger partial charge is 0.444 e. The molecule has 0 radical (unpaired) electrons. The maximum atomic E-state index is 12.0. The van der Waals surface area contributed by atoms with E-state index in [2.05, 4.69) is 12.1 Å². The highest BCUT2D eigenvalue weighted by molar-refractivity contribution is 5.70. The summed E-state index contributed by atoms with van der Waals surface area (Å²) in [6.45, 7) is 6.19. The van der Waals surface area contributed by atoms with Crippen LogP contribution in [0.1, 0.15) is 26.3 Å². The lowest BCUT2D eigenvalue weighted by atomic mass is 9.91. The normalized spacial score (nSPS) is 22.8. The van der Waals surface area contributed by atoms with Crippen LogP contribution in [0.4, 0.5) is 4.79 Å². The van der Waals surface area contributed by atoms with Gasteiger partial charge in [-0.25, -0.2) is 4.79 Å². The number of nitrogens with zero attached hydrogens (tertiary/aromatic N) is 1. The molecule has 2 rings (SSSR count). The fourth-order valence-corrected chi connectivity index (χ4v) is 2.22. The van der Waals surface area contributed by atoms with Crippen LogP contribution >= 0.6 is 0 Å². The topological polar surface area (TPSA) is 55.6 Å². The van der Waals surface area contributed by atoms with Gasteiger partial charge in [0.1, 0.15) is 5.60 Å². The molecule has 1 amide bonds. The molecule has 1 saturated heterocycles. The van der Waals surface area contributed by atoms with Crippen LogP contribution < -0.4 is 5.73 Å². The van der Waals surface area contributed by atoms with E-state index in [0.717, 1.165) is 6.42 Å². The maximum Gasteiger partial charge on any atom is 0.410 e. The number of ether oxygens (including phenoxy) is 1. The molecular formula is C15H22N2O2. The van der Waals surface area contributed by atoms with E-state index in [1.165, 1.54) is 5.56 Å². The van der Waals surface area contributed by atoms with Crippen LogP contribution in [0, 0.1) is 0 Å². The summed E-state index contributed by atoms with van der Waals surface area (Å²) < 4.78 is 5.39. The van der Waals surface area contributed by atoms with Crippen molar-refractivity contribution in [3.63, 3.8) is 0 Å². The Kier molecular flexibility index (Phi) is 3.80. The summed E-state index contributed by atoms with van der Waals surface area (Å²) in [6, 6.07) is 10.2. The molecule has 2 unspecified atom stereocenters. The molecule has 1 heterocycles. The second-order valence-corrected chi connectivity index (χ2v) is 6.05. The Bertz CT molecular complexity index is 439. The molecule has 0 aliphatic carbocycles. The van der Waals surface area contributed by atoms with Gasteiger partial charge in [0.25, 0.3) is 0 Å². The van der Waals surface area contributed by atoms with E-state index < -0.39 is 5.60 Å². The van der Waals surface area contributed by atoms with Crippen molar-refractivity contribution in [3.8, 4) is 0 Å². The van der Waals surface area contributed by atoms with Gasteiger partial charge in [0, 0.05) is 12.6 Å². The molecule has 1 aromatic carbocycles. The van der Waals surface area contributed by atoms with Gasteiger partial charge < -0.3 is 15.4 Å². The van der Waals surface area contributed by atoms with Crippen LogP contribution in [0.5, 0.6) is 0 Å². The standard InChI is InChI=1S/C15H22N2O2/c1-15(2,3)19-14(18)17-10-12(16)13(17)9-11-7-5-4-6-8-11/h4-8,12-13H,9-10,16H2,1-3H3. The first-order valence-corrected chi connectivity index (χ1v) is 6.66. The summed E-state index contributed by atoms with van der Waals surface area (Å²) in [6.07, 6.45) is 0.511. The van der Waals surface area contributed by atoms with Crippen LogP contribution in [-0.4, -0.2) is 35.2 Å². The summed E-state index contributed by atoms with van der Waals surface area (Å²) >= 11 is 0. The van der Waals surface area contributed by atoms with Crippen molar-refractivity contribution >= 4 is 6.09 Å². The third kappa shape index (κ3) is 3.47. The molecule has 1 aromatic rings. The van der Waals surface area contributed by atoms with Gasteiger partial charge >= 0.3 is 6.09 Å². The fraction of sp³-hybridized carbons (Fsp3) is 0.533. The Morgan fingerprint density at radius 2 is 2.00 bits per heavy atom. The van der Waals surface area contributed by atoms with Crippen molar-refractivity contribution in [1.82, 2.24) is 4.90 Å². The molecular weight excluding hydrogens is 240 g/mol. The Balaban J connectivity index is 1.98. The van der Waals surface area contributed by atoms with Gasteiger partial charge in [-0.2, -0.15) is 0 Å². The monoisotopic (exact) mass is 262 g/mol. The number of nitrogens with two attached hydrogens (primary N) is 1. The second-order valence-electron chi connectivity index (χ2n) is 6.05. The third-order valence-electron chi connectivity index (χ3n) is 3.22. The zero-order valence-electron chi connectivity index (χ0n) is 11.8. The lowest BCUT2D eigenvalue weighted by molar-refractivity contribution is -0.0124. The molecule has 4 heteroatoms. The molecule has 2 atom stereocenters. The number of rotatable bonds is 2. The van der Waals surface area contributed by atoms with E-state index in [-0.39, 0.29) is 18.2 Å². The first-order valence-electron chi connectivity index (χ1n) is 6.66. The molecule has 0 spiro atoms. The molecule has 0 saturated carbocycles. The molecule has 0 bridgehead atoms. The predicted molar refractivity (Wildman–Crippen MR) is 74.8 cm³/mol.